The number of fused-ring (bicyclic) bond motifs is 1. The molecule has 0 amide bonds. The third kappa shape index (κ3) is 3.44. The molecular formula is C22H17AlNO. The van der Waals surface area contributed by atoms with Gasteiger partial charge in [0.05, 0.1) is 11.3 Å². The number of aromatic nitrogens is 1. The highest BCUT2D eigenvalue weighted by molar-refractivity contribution is 6.51. The van der Waals surface area contributed by atoms with E-state index in [4.69, 9.17) is 8.77 Å². The van der Waals surface area contributed by atoms with Crippen LogP contribution < -0.4 is 8.21 Å². The molecule has 119 valence electrons. The van der Waals surface area contributed by atoms with Crippen LogP contribution in [0.15, 0.2) is 84.9 Å². The zero-order valence-electron chi connectivity index (χ0n) is 14.0. The Balaban J connectivity index is 1.66. The summed E-state index contributed by atoms with van der Waals surface area (Å²) < 4.78 is 7.45. The molecule has 25 heavy (non-hydrogen) atoms. The van der Waals surface area contributed by atoms with E-state index in [2.05, 4.69) is 54.6 Å². The van der Waals surface area contributed by atoms with Crippen LogP contribution in [0, 0.1) is 6.92 Å². The van der Waals surface area contributed by atoms with Gasteiger partial charge in [0.15, 0.2) is 0 Å². The summed E-state index contributed by atoms with van der Waals surface area (Å²) in [5.74, 6) is 0.924. The molecule has 1 radical (unpaired) electrons. The van der Waals surface area contributed by atoms with Gasteiger partial charge in [-0.15, -0.1) is 0 Å². The number of nitrogens with zero attached hydrogens (tertiary/aromatic N) is 1. The lowest BCUT2D eigenvalue weighted by atomic mass is 10.1. The van der Waals surface area contributed by atoms with Gasteiger partial charge in [-0.05, 0) is 34.4 Å². The summed E-state index contributed by atoms with van der Waals surface area (Å²) in [5, 5.41) is 1.16. The second-order valence-corrected chi connectivity index (χ2v) is 7.06. The van der Waals surface area contributed by atoms with Crippen molar-refractivity contribution in [2.45, 2.75) is 6.92 Å². The molecule has 0 aliphatic rings. The molecule has 0 saturated carbocycles. The summed E-state index contributed by atoms with van der Waals surface area (Å²) in [7, 11) is 0. The molecule has 3 heteroatoms. The van der Waals surface area contributed by atoms with Crippen molar-refractivity contribution in [2.24, 2.45) is 0 Å². The van der Waals surface area contributed by atoms with Crippen molar-refractivity contribution in [3.05, 3.63) is 90.6 Å². The lowest BCUT2D eigenvalue weighted by molar-refractivity contribution is 0.607. The molecule has 0 N–H and O–H groups in total. The minimum atomic E-state index is -0.363. The zero-order chi connectivity index (χ0) is 17.1. The standard InChI is InChI=1S/C12H10O.C10H8N.Al/c13-12-9-5-4-8-11(12)10-6-2-1-3-7-10;1-8-6-7-9-4-2-3-5-10(9)11-8;/h1-9,13H;2-4,6-7H,1H3;/q;;+1/p-1. The molecule has 0 aliphatic heterocycles. The highest BCUT2D eigenvalue weighted by Crippen LogP contribution is 2.29. The summed E-state index contributed by atoms with van der Waals surface area (Å²) >= 11 is -0.363. The van der Waals surface area contributed by atoms with E-state index < -0.39 is 0 Å². The first-order valence-corrected chi connectivity index (χ1v) is 9.37. The van der Waals surface area contributed by atoms with Crippen molar-refractivity contribution < 1.29 is 3.79 Å². The molecule has 1 aromatic heterocycles. The van der Waals surface area contributed by atoms with Crippen LogP contribution in [-0.2, 0) is 0 Å². The summed E-state index contributed by atoms with van der Waals surface area (Å²) in [6.07, 6.45) is 0. The molecule has 3 aromatic carbocycles. The van der Waals surface area contributed by atoms with E-state index in [1.165, 1.54) is 9.99 Å². The quantitative estimate of drug-likeness (QED) is 0.510. The summed E-state index contributed by atoms with van der Waals surface area (Å²) in [5.41, 5.74) is 4.38. The first kappa shape index (κ1) is 15.9. The number of hydrogen-bond acceptors (Lipinski definition) is 2. The van der Waals surface area contributed by atoms with Gasteiger partial charge in [-0.1, -0.05) is 72.8 Å². The van der Waals surface area contributed by atoms with E-state index in [-0.39, 0.29) is 15.6 Å². The van der Waals surface area contributed by atoms with Crippen LogP contribution in [0.4, 0.5) is 0 Å². The Morgan fingerprint density at radius 1 is 0.760 bits per heavy atom. The second-order valence-electron chi connectivity index (χ2n) is 5.97. The highest BCUT2D eigenvalue weighted by atomic mass is 27.1. The van der Waals surface area contributed by atoms with Gasteiger partial charge < -0.3 is 3.79 Å². The Labute approximate surface area is 154 Å². The van der Waals surface area contributed by atoms with Crippen LogP contribution in [0.5, 0.6) is 5.75 Å². The van der Waals surface area contributed by atoms with Gasteiger partial charge in [-0.2, -0.15) is 0 Å². The fourth-order valence-corrected chi connectivity index (χ4v) is 3.91. The van der Waals surface area contributed by atoms with Crippen LogP contribution in [0.2, 0.25) is 0 Å². The maximum Gasteiger partial charge on any atom is 0.572 e. The lowest BCUT2D eigenvalue weighted by Crippen LogP contribution is -2.22. The molecule has 0 fully saturated rings. The topological polar surface area (TPSA) is 22.1 Å². The van der Waals surface area contributed by atoms with Gasteiger partial charge in [0.2, 0.25) is 0 Å². The molecule has 0 spiro atoms. The zero-order valence-corrected chi connectivity index (χ0v) is 15.2. The third-order valence-electron chi connectivity index (χ3n) is 4.18. The number of benzene rings is 3. The Bertz CT molecular complexity index is 1010. The number of hydrogen-bond donors (Lipinski definition) is 0. The molecule has 4 rings (SSSR count). The minimum Gasteiger partial charge on any atom is -0.644 e. The van der Waals surface area contributed by atoms with Gasteiger partial charge in [-0.3, -0.25) is 4.98 Å². The fraction of sp³-hybridized carbons (Fsp3) is 0.0455. The van der Waals surface area contributed by atoms with Gasteiger partial charge in [0.1, 0.15) is 0 Å². The van der Waals surface area contributed by atoms with E-state index in [0.717, 1.165) is 27.9 Å². The van der Waals surface area contributed by atoms with Crippen LogP contribution in [0.1, 0.15) is 5.69 Å². The van der Waals surface area contributed by atoms with E-state index in [0.29, 0.717) is 0 Å². The third-order valence-corrected chi connectivity index (χ3v) is 5.27. The maximum atomic E-state index is 6.27. The summed E-state index contributed by atoms with van der Waals surface area (Å²) in [6.45, 7) is 2.02. The van der Waals surface area contributed by atoms with E-state index in [1.54, 1.807) is 0 Å². The smallest absolute Gasteiger partial charge is 0.572 e. The minimum absolute atomic E-state index is 0.363. The molecule has 0 unspecified atom stereocenters. The van der Waals surface area contributed by atoms with Crippen LogP contribution in [-0.4, -0.2) is 20.5 Å². The van der Waals surface area contributed by atoms with Crippen molar-refractivity contribution in [3.8, 4) is 16.9 Å². The molecule has 0 saturated heterocycles. The van der Waals surface area contributed by atoms with E-state index in [9.17, 15) is 0 Å². The van der Waals surface area contributed by atoms with Crippen molar-refractivity contribution in [1.29, 1.82) is 0 Å². The monoisotopic (exact) mass is 338 g/mol. The molecule has 4 aromatic rings. The average Bonchev–Trinajstić information content (AvgIpc) is 2.67. The van der Waals surface area contributed by atoms with Crippen molar-refractivity contribution >= 4 is 30.9 Å². The van der Waals surface area contributed by atoms with E-state index in [1.807, 2.05) is 37.3 Å². The Morgan fingerprint density at radius 2 is 1.56 bits per heavy atom. The normalized spacial score (nSPS) is 10.6. The predicted octanol–water partition coefficient (Wildman–Crippen LogP) is 4.53. The lowest BCUT2D eigenvalue weighted by Gasteiger charge is -2.13. The summed E-state index contributed by atoms with van der Waals surface area (Å²) in [4.78, 5) is 4.71. The number of pyridine rings is 1. The van der Waals surface area contributed by atoms with Crippen molar-refractivity contribution in [1.82, 2.24) is 4.98 Å². The number of para-hydroxylation sites is 2. The largest absolute Gasteiger partial charge is 0.644 e. The van der Waals surface area contributed by atoms with Gasteiger partial charge in [0.25, 0.3) is 0 Å². The first-order valence-electron chi connectivity index (χ1n) is 8.32. The average molecular weight is 338 g/mol. The van der Waals surface area contributed by atoms with Crippen LogP contribution in [0.25, 0.3) is 22.0 Å². The maximum absolute atomic E-state index is 6.27. The van der Waals surface area contributed by atoms with Crippen molar-refractivity contribution in [3.63, 3.8) is 0 Å². The molecular weight excluding hydrogens is 321 g/mol. The molecule has 2 nitrogen and oxygen atoms in total. The number of rotatable bonds is 4. The molecule has 1 heterocycles. The predicted molar refractivity (Wildman–Crippen MR) is 104 cm³/mol. The summed E-state index contributed by atoms with van der Waals surface area (Å²) in [6, 6.07) is 29.0. The van der Waals surface area contributed by atoms with Crippen LogP contribution in [0.3, 0.4) is 0 Å². The Morgan fingerprint density at radius 3 is 2.44 bits per heavy atom. The number of aryl methyl sites for hydroxylation is 1. The van der Waals surface area contributed by atoms with E-state index >= 15 is 0 Å². The molecule has 0 aliphatic carbocycles. The first-order chi connectivity index (χ1) is 12.3. The molecule has 0 atom stereocenters. The fourth-order valence-electron chi connectivity index (χ4n) is 2.92. The SMILES string of the molecule is Cc1ccc2ccc[c]([Al][O]c3ccccc3-c3ccccc3)c2n1. The molecule has 0 bridgehead atoms. The second kappa shape index (κ2) is 7.11. The Kier molecular flexibility index (Phi) is 4.52. The van der Waals surface area contributed by atoms with Gasteiger partial charge in [0, 0.05) is 11.3 Å². The van der Waals surface area contributed by atoms with Gasteiger partial charge in [-0.25, -0.2) is 0 Å². The Hall–Kier alpha value is -2.60. The highest BCUT2D eigenvalue weighted by Gasteiger charge is 2.11. The van der Waals surface area contributed by atoms with Crippen LogP contribution >= 0.6 is 0 Å². The van der Waals surface area contributed by atoms with Crippen molar-refractivity contribution in [2.75, 3.05) is 0 Å². The van der Waals surface area contributed by atoms with Gasteiger partial charge >= 0.3 is 15.6 Å².